The molecule has 0 aliphatic carbocycles. The van der Waals surface area contributed by atoms with Crippen molar-refractivity contribution < 1.29 is 9.53 Å². The lowest BCUT2D eigenvalue weighted by atomic mass is 10.1. The number of halogens is 1. The molecular weight excluding hydrogens is 280 g/mol. The molecule has 0 fully saturated rings. The predicted octanol–water partition coefficient (Wildman–Crippen LogP) is 4.61. The van der Waals surface area contributed by atoms with E-state index < -0.39 is 0 Å². The zero-order valence-electron chi connectivity index (χ0n) is 10.4. The van der Waals surface area contributed by atoms with Gasteiger partial charge in [-0.1, -0.05) is 35.7 Å². The highest BCUT2D eigenvalue weighted by Gasteiger charge is 2.08. The maximum atomic E-state index is 10.9. The summed E-state index contributed by atoms with van der Waals surface area (Å²) >= 11 is 3.34. The van der Waals surface area contributed by atoms with E-state index in [1.165, 1.54) is 19.3 Å². The largest absolute Gasteiger partial charge is 0.490 e. The van der Waals surface area contributed by atoms with Gasteiger partial charge in [-0.25, -0.2) is 0 Å². The SMILES string of the molecule is CCCCC[C@H](C)Oc1ccc(Br)cc1C=O. The molecule has 0 amide bonds. The number of hydrogen-bond donors (Lipinski definition) is 0. The molecule has 1 atom stereocenters. The van der Waals surface area contributed by atoms with Crippen LogP contribution in [0.15, 0.2) is 22.7 Å². The summed E-state index contributed by atoms with van der Waals surface area (Å²) < 4.78 is 6.68. The van der Waals surface area contributed by atoms with Crippen LogP contribution in [0.3, 0.4) is 0 Å². The molecule has 17 heavy (non-hydrogen) atoms. The van der Waals surface area contributed by atoms with Gasteiger partial charge in [0.1, 0.15) is 5.75 Å². The maximum Gasteiger partial charge on any atom is 0.153 e. The van der Waals surface area contributed by atoms with Crippen LogP contribution in [0.1, 0.15) is 49.9 Å². The van der Waals surface area contributed by atoms with E-state index in [0.717, 1.165) is 17.2 Å². The first-order valence-corrected chi connectivity index (χ1v) is 6.88. The van der Waals surface area contributed by atoms with Gasteiger partial charge in [0.05, 0.1) is 11.7 Å². The lowest BCUT2D eigenvalue weighted by molar-refractivity contribution is 0.111. The molecule has 0 spiro atoms. The Morgan fingerprint density at radius 3 is 2.82 bits per heavy atom. The minimum Gasteiger partial charge on any atom is -0.490 e. The number of benzene rings is 1. The first kappa shape index (κ1) is 14.2. The van der Waals surface area contributed by atoms with Crippen molar-refractivity contribution in [2.45, 2.75) is 45.6 Å². The molecule has 3 heteroatoms. The quantitative estimate of drug-likeness (QED) is 0.543. The number of aldehydes is 1. The highest BCUT2D eigenvalue weighted by molar-refractivity contribution is 9.10. The molecule has 0 aromatic heterocycles. The predicted molar refractivity (Wildman–Crippen MR) is 73.8 cm³/mol. The van der Waals surface area contributed by atoms with Crippen LogP contribution in [0, 0.1) is 0 Å². The fourth-order valence-corrected chi connectivity index (χ4v) is 2.05. The van der Waals surface area contributed by atoms with E-state index in [-0.39, 0.29) is 6.10 Å². The number of unbranched alkanes of at least 4 members (excludes halogenated alkanes) is 2. The molecule has 0 heterocycles. The third-order valence-electron chi connectivity index (χ3n) is 2.64. The second-order valence-corrected chi connectivity index (χ2v) is 5.14. The average molecular weight is 299 g/mol. The fourth-order valence-electron chi connectivity index (χ4n) is 1.68. The summed E-state index contributed by atoms with van der Waals surface area (Å²) in [5.74, 6) is 0.673. The summed E-state index contributed by atoms with van der Waals surface area (Å²) in [6.45, 7) is 4.23. The Labute approximate surface area is 111 Å². The standard InChI is InChI=1S/C14H19BrO2/c1-3-4-5-6-11(2)17-14-8-7-13(15)9-12(14)10-16/h7-11H,3-6H2,1-2H3/t11-/m0/s1. The van der Waals surface area contributed by atoms with Crippen LogP contribution in [0.5, 0.6) is 5.75 Å². The minimum atomic E-state index is 0.154. The van der Waals surface area contributed by atoms with Gasteiger partial charge in [0.25, 0.3) is 0 Å². The molecule has 0 aliphatic rings. The van der Waals surface area contributed by atoms with Crippen molar-refractivity contribution in [3.8, 4) is 5.75 Å². The molecule has 0 aliphatic heterocycles. The Bertz CT molecular complexity index is 363. The van der Waals surface area contributed by atoms with Gasteiger partial charge < -0.3 is 4.74 Å². The number of carbonyl (C=O) groups excluding carboxylic acids is 1. The highest BCUT2D eigenvalue weighted by Crippen LogP contribution is 2.23. The molecule has 0 radical (unpaired) electrons. The Hall–Kier alpha value is -0.830. The summed E-state index contributed by atoms with van der Waals surface area (Å²) in [6, 6.07) is 5.51. The van der Waals surface area contributed by atoms with E-state index in [4.69, 9.17) is 4.74 Å². The third-order valence-corrected chi connectivity index (χ3v) is 3.13. The van der Waals surface area contributed by atoms with Gasteiger partial charge in [-0.3, -0.25) is 4.79 Å². The van der Waals surface area contributed by atoms with E-state index in [1.54, 1.807) is 6.07 Å². The maximum absolute atomic E-state index is 10.9. The Morgan fingerprint density at radius 2 is 2.18 bits per heavy atom. The lowest BCUT2D eigenvalue weighted by Crippen LogP contribution is -2.12. The van der Waals surface area contributed by atoms with Gasteiger partial charge in [-0.2, -0.15) is 0 Å². The number of carbonyl (C=O) groups is 1. The molecule has 0 saturated carbocycles. The molecule has 0 saturated heterocycles. The first-order valence-electron chi connectivity index (χ1n) is 6.08. The topological polar surface area (TPSA) is 26.3 Å². The van der Waals surface area contributed by atoms with Gasteiger partial charge in [-0.05, 0) is 38.0 Å². The average Bonchev–Trinajstić information content (AvgIpc) is 2.32. The monoisotopic (exact) mass is 298 g/mol. The van der Waals surface area contributed by atoms with Crippen LogP contribution in [-0.2, 0) is 0 Å². The summed E-state index contributed by atoms with van der Waals surface area (Å²) in [5, 5.41) is 0. The molecule has 1 aromatic rings. The molecular formula is C14H19BrO2. The van der Waals surface area contributed by atoms with Crippen molar-refractivity contribution in [1.82, 2.24) is 0 Å². The first-order chi connectivity index (χ1) is 8.17. The third kappa shape index (κ3) is 4.90. The van der Waals surface area contributed by atoms with Crippen LogP contribution in [0.4, 0.5) is 0 Å². The fraction of sp³-hybridized carbons (Fsp3) is 0.500. The number of rotatable bonds is 7. The van der Waals surface area contributed by atoms with Crippen molar-refractivity contribution in [2.24, 2.45) is 0 Å². The van der Waals surface area contributed by atoms with Crippen molar-refractivity contribution in [3.05, 3.63) is 28.2 Å². The zero-order chi connectivity index (χ0) is 12.7. The number of hydrogen-bond acceptors (Lipinski definition) is 2. The van der Waals surface area contributed by atoms with E-state index in [2.05, 4.69) is 22.9 Å². The summed E-state index contributed by atoms with van der Waals surface area (Å²) in [7, 11) is 0. The molecule has 0 bridgehead atoms. The minimum absolute atomic E-state index is 0.154. The van der Waals surface area contributed by atoms with Crippen molar-refractivity contribution in [2.75, 3.05) is 0 Å². The Kier molecular flexibility index (Phi) is 6.27. The van der Waals surface area contributed by atoms with Gasteiger partial charge in [0, 0.05) is 4.47 Å². The van der Waals surface area contributed by atoms with E-state index in [0.29, 0.717) is 11.3 Å². The van der Waals surface area contributed by atoms with Crippen LogP contribution in [0.2, 0.25) is 0 Å². The van der Waals surface area contributed by atoms with Crippen LogP contribution >= 0.6 is 15.9 Å². The summed E-state index contributed by atoms with van der Waals surface area (Å²) in [5.41, 5.74) is 0.599. The highest BCUT2D eigenvalue weighted by atomic mass is 79.9. The van der Waals surface area contributed by atoms with Crippen molar-refractivity contribution >= 4 is 22.2 Å². The van der Waals surface area contributed by atoms with Gasteiger partial charge >= 0.3 is 0 Å². The number of ether oxygens (including phenoxy) is 1. The van der Waals surface area contributed by atoms with E-state index in [9.17, 15) is 4.79 Å². The van der Waals surface area contributed by atoms with Crippen molar-refractivity contribution in [1.29, 1.82) is 0 Å². The summed E-state index contributed by atoms with van der Waals surface area (Å²) in [6.07, 6.45) is 5.63. The molecule has 1 aromatic carbocycles. The van der Waals surface area contributed by atoms with Gasteiger partial charge in [-0.15, -0.1) is 0 Å². The van der Waals surface area contributed by atoms with Gasteiger partial charge in [0.15, 0.2) is 6.29 Å². The molecule has 2 nitrogen and oxygen atoms in total. The lowest BCUT2D eigenvalue weighted by Gasteiger charge is -2.16. The van der Waals surface area contributed by atoms with E-state index in [1.807, 2.05) is 19.1 Å². The molecule has 0 unspecified atom stereocenters. The normalized spacial score (nSPS) is 12.2. The zero-order valence-corrected chi connectivity index (χ0v) is 12.0. The molecule has 94 valence electrons. The van der Waals surface area contributed by atoms with Crippen molar-refractivity contribution in [3.63, 3.8) is 0 Å². The smallest absolute Gasteiger partial charge is 0.153 e. The summed E-state index contributed by atoms with van der Waals surface area (Å²) in [4.78, 5) is 10.9. The van der Waals surface area contributed by atoms with Gasteiger partial charge in [0.2, 0.25) is 0 Å². The van der Waals surface area contributed by atoms with Crippen LogP contribution < -0.4 is 4.74 Å². The Balaban J connectivity index is 2.58. The second-order valence-electron chi connectivity index (χ2n) is 4.22. The van der Waals surface area contributed by atoms with Crippen LogP contribution in [0.25, 0.3) is 0 Å². The van der Waals surface area contributed by atoms with E-state index >= 15 is 0 Å². The molecule has 0 N–H and O–H groups in total. The van der Waals surface area contributed by atoms with Crippen LogP contribution in [-0.4, -0.2) is 12.4 Å². The molecule has 1 rings (SSSR count). The second kappa shape index (κ2) is 7.49. The Morgan fingerprint density at radius 1 is 1.41 bits per heavy atom.